The van der Waals surface area contributed by atoms with E-state index in [1.807, 2.05) is 44.2 Å². The zero-order valence-corrected chi connectivity index (χ0v) is 19.9. The quantitative estimate of drug-likeness (QED) is 0.408. The van der Waals surface area contributed by atoms with Crippen LogP contribution in [0.15, 0.2) is 42.5 Å². The van der Waals surface area contributed by atoms with E-state index < -0.39 is 5.91 Å². The van der Waals surface area contributed by atoms with E-state index in [0.29, 0.717) is 11.3 Å². The molecular formula is C24H30N4O3S. The van der Waals surface area contributed by atoms with Gasteiger partial charge in [0.1, 0.15) is 0 Å². The molecule has 0 atom stereocenters. The Balaban J connectivity index is 1.72. The minimum Gasteiger partial charge on any atom is -0.326 e. The number of thiocarbonyl (C=S) groups is 1. The fourth-order valence-electron chi connectivity index (χ4n) is 2.79. The van der Waals surface area contributed by atoms with E-state index in [1.54, 1.807) is 12.1 Å². The summed E-state index contributed by atoms with van der Waals surface area (Å²) in [7, 11) is 0. The molecule has 8 heteroatoms. The molecule has 0 aliphatic heterocycles. The summed E-state index contributed by atoms with van der Waals surface area (Å²) in [6, 6.07) is 12.9. The van der Waals surface area contributed by atoms with Crippen molar-refractivity contribution >= 4 is 40.7 Å². The van der Waals surface area contributed by atoms with Gasteiger partial charge in [-0.3, -0.25) is 30.6 Å². The second kappa shape index (κ2) is 10.9. The molecule has 0 bridgehead atoms. The molecular weight excluding hydrogens is 424 g/mol. The highest BCUT2D eigenvalue weighted by Crippen LogP contribution is 2.22. The van der Waals surface area contributed by atoms with Gasteiger partial charge in [0.15, 0.2) is 5.11 Å². The first kappa shape index (κ1) is 25.0. The van der Waals surface area contributed by atoms with Crippen molar-refractivity contribution in [3.63, 3.8) is 0 Å². The standard InChI is InChI=1S/C24H30N4O3S/c1-15-6-11-19(14-16(15)2)25-20(29)12-13-21(30)27-28-23(32)26-22(31)17-7-9-18(10-8-17)24(3,4)5/h6-11,14H,12-13H2,1-5H3,(H,25,29)(H,27,30)(H2,26,28,31,32). The fourth-order valence-corrected chi connectivity index (χ4v) is 2.93. The van der Waals surface area contributed by atoms with Gasteiger partial charge in [0, 0.05) is 24.1 Å². The van der Waals surface area contributed by atoms with E-state index in [9.17, 15) is 14.4 Å². The third kappa shape index (κ3) is 7.77. The fraction of sp³-hybridized carbons (Fsp3) is 0.333. The minimum absolute atomic E-state index is 0.00781. The molecule has 0 fully saturated rings. The summed E-state index contributed by atoms with van der Waals surface area (Å²) in [5.41, 5.74) is 9.32. The predicted octanol–water partition coefficient (Wildman–Crippen LogP) is 3.66. The molecule has 0 radical (unpaired) electrons. The Kier molecular flexibility index (Phi) is 8.48. The molecule has 2 aromatic carbocycles. The van der Waals surface area contributed by atoms with E-state index in [1.165, 1.54) is 0 Å². The Morgan fingerprint density at radius 1 is 0.844 bits per heavy atom. The predicted molar refractivity (Wildman–Crippen MR) is 130 cm³/mol. The molecule has 0 aliphatic carbocycles. The molecule has 0 unspecified atom stereocenters. The van der Waals surface area contributed by atoms with Crippen molar-refractivity contribution in [3.05, 3.63) is 64.7 Å². The van der Waals surface area contributed by atoms with Gasteiger partial charge in [0.2, 0.25) is 11.8 Å². The average Bonchev–Trinajstić information content (AvgIpc) is 2.73. The maximum atomic E-state index is 12.3. The number of rotatable bonds is 5. The van der Waals surface area contributed by atoms with Crippen LogP contribution in [0.1, 0.15) is 60.7 Å². The SMILES string of the molecule is Cc1ccc(NC(=O)CCC(=O)NNC(=S)NC(=O)c2ccc(C(C)(C)C)cc2)cc1C. The number of anilines is 1. The van der Waals surface area contributed by atoms with Crippen molar-refractivity contribution in [2.45, 2.75) is 52.9 Å². The number of hydrazine groups is 1. The van der Waals surface area contributed by atoms with Crippen LogP contribution in [-0.2, 0) is 15.0 Å². The third-order valence-corrected chi connectivity index (χ3v) is 5.13. The van der Waals surface area contributed by atoms with Crippen molar-refractivity contribution in [3.8, 4) is 0 Å². The van der Waals surface area contributed by atoms with Crippen molar-refractivity contribution in [1.82, 2.24) is 16.2 Å². The van der Waals surface area contributed by atoms with Crippen molar-refractivity contribution < 1.29 is 14.4 Å². The number of nitrogens with one attached hydrogen (secondary N) is 4. The van der Waals surface area contributed by atoms with Crippen molar-refractivity contribution in [1.29, 1.82) is 0 Å². The van der Waals surface area contributed by atoms with Crippen LogP contribution in [-0.4, -0.2) is 22.8 Å². The van der Waals surface area contributed by atoms with Gasteiger partial charge in [-0.15, -0.1) is 0 Å². The lowest BCUT2D eigenvalue weighted by Gasteiger charge is -2.19. The first-order chi connectivity index (χ1) is 15.0. The molecule has 4 N–H and O–H groups in total. The molecule has 170 valence electrons. The van der Waals surface area contributed by atoms with Gasteiger partial charge in [0.25, 0.3) is 5.91 Å². The number of carbonyl (C=O) groups is 3. The van der Waals surface area contributed by atoms with Gasteiger partial charge in [-0.1, -0.05) is 39.0 Å². The molecule has 0 spiro atoms. The molecule has 3 amide bonds. The molecule has 2 rings (SSSR count). The maximum Gasteiger partial charge on any atom is 0.257 e. The van der Waals surface area contributed by atoms with E-state index in [-0.39, 0.29) is 35.2 Å². The van der Waals surface area contributed by atoms with Crippen LogP contribution in [0.25, 0.3) is 0 Å². The Morgan fingerprint density at radius 2 is 1.47 bits per heavy atom. The highest BCUT2D eigenvalue weighted by atomic mass is 32.1. The van der Waals surface area contributed by atoms with Gasteiger partial charge >= 0.3 is 0 Å². The largest absolute Gasteiger partial charge is 0.326 e. The summed E-state index contributed by atoms with van der Waals surface area (Å²) >= 11 is 5.04. The average molecular weight is 455 g/mol. The van der Waals surface area contributed by atoms with Gasteiger partial charge in [0.05, 0.1) is 0 Å². The minimum atomic E-state index is -0.425. The van der Waals surface area contributed by atoms with Crippen molar-refractivity contribution in [2.75, 3.05) is 5.32 Å². The summed E-state index contributed by atoms with van der Waals surface area (Å²) in [5, 5.41) is 5.23. The Hall–Kier alpha value is -3.26. The first-order valence-corrected chi connectivity index (χ1v) is 10.7. The van der Waals surface area contributed by atoms with Gasteiger partial charge in [-0.2, -0.15) is 0 Å². The maximum absolute atomic E-state index is 12.3. The zero-order valence-electron chi connectivity index (χ0n) is 19.1. The number of benzene rings is 2. The molecule has 0 saturated heterocycles. The van der Waals surface area contributed by atoms with Gasteiger partial charge in [-0.05, 0) is 72.4 Å². The lowest BCUT2D eigenvalue weighted by Crippen LogP contribution is -2.48. The number of hydrogen-bond donors (Lipinski definition) is 4. The molecule has 0 aliphatic rings. The lowest BCUT2D eigenvalue weighted by molar-refractivity contribution is -0.124. The summed E-state index contributed by atoms with van der Waals surface area (Å²) in [6.45, 7) is 10.2. The van der Waals surface area contributed by atoms with Crippen LogP contribution in [0.2, 0.25) is 0 Å². The van der Waals surface area contributed by atoms with Crippen LogP contribution in [0.5, 0.6) is 0 Å². The summed E-state index contributed by atoms with van der Waals surface area (Å²) in [4.78, 5) is 36.3. The molecule has 7 nitrogen and oxygen atoms in total. The molecule has 0 heterocycles. The van der Waals surface area contributed by atoms with Gasteiger partial charge < -0.3 is 5.32 Å². The van der Waals surface area contributed by atoms with Gasteiger partial charge in [-0.25, -0.2) is 0 Å². The Labute approximate surface area is 194 Å². The molecule has 0 aromatic heterocycles. The lowest BCUT2D eigenvalue weighted by atomic mass is 9.87. The van der Waals surface area contributed by atoms with Crippen LogP contribution in [0.3, 0.4) is 0 Å². The monoisotopic (exact) mass is 454 g/mol. The highest BCUT2D eigenvalue weighted by Gasteiger charge is 2.15. The second-order valence-corrected chi connectivity index (χ2v) is 9.04. The number of hydrogen-bond acceptors (Lipinski definition) is 4. The topological polar surface area (TPSA) is 99.3 Å². The third-order valence-electron chi connectivity index (χ3n) is 4.93. The number of carbonyl (C=O) groups excluding carboxylic acids is 3. The second-order valence-electron chi connectivity index (χ2n) is 8.63. The highest BCUT2D eigenvalue weighted by molar-refractivity contribution is 7.80. The van der Waals surface area contributed by atoms with Crippen LogP contribution in [0, 0.1) is 13.8 Å². The van der Waals surface area contributed by atoms with E-state index in [0.717, 1.165) is 16.7 Å². The molecule has 32 heavy (non-hydrogen) atoms. The van der Waals surface area contributed by atoms with Crippen LogP contribution < -0.4 is 21.5 Å². The normalized spacial score (nSPS) is 10.8. The first-order valence-electron chi connectivity index (χ1n) is 10.3. The zero-order chi connectivity index (χ0) is 23.9. The Morgan fingerprint density at radius 3 is 2.06 bits per heavy atom. The van der Waals surface area contributed by atoms with Crippen LogP contribution >= 0.6 is 12.2 Å². The summed E-state index contributed by atoms with van der Waals surface area (Å²) < 4.78 is 0. The van der Waals surface area contributed by atoms with E-state index >= 15 is 0 Å². The smallest absolute Gasteiger partial charge is 0.257 e. The number of amides is 3. The Bertz CT molecular complexity index is 1010. The van der Waals surface area contributed by atoms with E-state index in [4.69, 9.17) is 12.2 Å². The summed E-state index contributed by atoms with van der Waals surface area (Å²) in [5.74, 6) is -1.07. The van der Waals surface area contributed by atoms with E-state index in [2.05, 4.69) is 42.3 Å². The molecule has 0 saturated carbocycles. The van der Waals surface area contributed by atoms with Crippen molar-refractivity contribution in [2.24, 2.45) is 0 Å². The number of aryl methyl sites for hydroxylation is 2. The molecule has 2 aromatic rings. The summed E-state index contributed by atoms with van der Waals surface area (Å²) in [6.07, 6.45) is -0.0197. The van der Waals surface area contributed by atoms with Crippen LogP contribution in [0.4, 0.5) is 5.69 Å².